The second kappa shape index (κ2) is 8.94. The molecule has 0 bridgehead atoms. The average molecular weight is 447 g/mol. The highest BCUT2D eigenvalue weighted by Gasteiger charge is 2.20. The van der Waals surface area contributed by atoms with Gasteiger partial charge in [0.05, 0.1) is 0 Å². The van der Waals surface area contributed by atoms with Crippen molar-refractivity contribution in [1.82, 2.24) is 5.32 Å². The van der Waals surface area contributed by atoms with E-state index in [1.165, 1.54) is 0 Å². The van der Waals surface area contributed by atoms with E-state index < -0.39 is 23.5 Å². The first-order valence-corrected chi connectivity index (χ1v) is 10.9. The number of fused-ring (bicyclic) bond motifs is 2. The average Bonchev–Trinajstić information content (AvgIpc) is 3.11. The van der Waals surface area contributed by atoms with Crippen molar-refractivity contribution < 1.29 is 23.5 Å². The van der Waals surface area contributed by atoms with Crippen molar-refractivity contribution in [3.63, 3.8) is 0 Å². The number of aryl methyl sites for hydroxylation is 2. The molecule has 0 fully saturated rings. The minimum Gasteiger partial charge on any atom is -0.480 e. The Morgan fingerprint density at radius 2 is 1.73 bits per heavy atom. The highest BCUT2D eigenvalue weighted by molar-refractivity contribution is 6.03. The van der Waals surface area contributed by atoms with Crippen LogP contribution in [0.25, 0.3) is 33.1 Å². The zero-order valence-corrected chi connectivity index (χ0v) is 18.7. The summed E-state index contributed by atoms with van der Waals surface area (Å²) in [4.78, 5) is 36.0. The number of carbonyl (C=O) groups excluding carboxylic acids is 1. The number of rotatable bonds is 7. The van der Waals surface area contributed by atoms with Gasteiger partial charge in [-0.3, -0.25) is 4.79 Å². The van der Waals surface area contributed by atoms with E-state index in [1.807, 2.05) is 50.2 Å². The molecule has 2 aromatic heterocycles. The Kier molecular flexibility index (Phi) is 6.05. The van der Waals surface area contributed by atoms with Crippen LogP contribution in [-0.2, 0) is 16.0 Å². The maximum atomic E-state index is 12.7. The molecular formula is C26H25NO6. The van der Waals surface area contributed by atoms with Crippen LogP contribution in [0.5, 0.6) is 0 Å². The third kappa shape index (κ3) is 4.26. The molecule has 33 heavy (non-hydrogen) atoms. The third-order valence-electron chi connectivity index (χ3n) is 5.98. The van der Waals surface area contributed by atoms with Crippen LogP contribution in [0.4, 0.5) is 0 Å². The number of carboxylic acids is 1. The fourth-order valence-corrected chi connectivity index (χ4v) is 4.20. The van der Waals surface area contributed by atoms with E-state index in [2.05, 4.69) is 5.32 Å². The van der Waals surface area contributed by atoms with Gasteiger partial charge in [-0.15, -0.1) is 0 Å². The molecule has 2 heterocycles. The van der Waals surface area contributed by atoms with Crippen LogP contribution in [0.15, 0.2) is 56.1 Å². The van der Waals surface area contributed by atoms with E-state index in [0.717, 1.165) is 33.2 Å². The van der Waals surface area contributed by atoms with Crippen molar-refractivity contribution >= 4 is 33.8 Å². The van der Waals surface area contributed by atoms with Crippen LogP contribution >= 0.6 is 0 Å². The lowest BCUT2D eigenvalue weighted by atomic mass is 9.98. The standard InChI is InChI=1S/C26H25NO6/c1-4-20(25(29)30)27-23(28)11-10-17-14(2)18-12-19-22(13-21(18)33-26(17)31)32-15(3)24(19)16-8-6-5-7-9-16/h5-9,12-13,20H,4,10-11H2,1-3H3,(H,27,28)(H,29,30)/t20-/m0/s1. The highest BCUT2D eigenvalue weighted by Crippen LogP contribution is 2.37. The molecule has 0 saturated carbocycles. The summed E-state index contributed by atoms with van der Waals surface area (Å²) in [6, 6.07) is 12.7. The SMILES string of the molecule is CC[C@H](NC(=O)CCc1c(C)c2cc3c(-c4ccccc4)c(C)oc3cc2oc1=O)C(=O)O. The summed E-state index contributed by atoms with van der Waals surface area (Å²) < 4.78 is 11.5. The Hall–Kier alpha value is -3.87. The van der Waals surface area contributed by atoms with Gasteiger partial charge in [0.2, 0.25) is 5.91 Å². The highest BCUT2D eigenvalue weighted by atomic mass is 16.4. The lowest BCUT2D eigenvalue weighted by Gasteiger charge is -2.12. The molecule has 4 aromatic rings. The first-order valence-electron chi connectivity index (χ1n) is 10.9. The van der Waals surface area contributed by atoms with Crippen molar-refractivity contribution in [3.05, 3.63) is 69.8 Å². The Balaban J connectivity index is 1.72. The second-order valence-electron chi connectivity index (χ2n) is 8.10. The first kappa shape index (κ1) is 22.3. The number of hydrogen-bond donors (Lipinski definition) is 2. The molecule has 0 aliphatic carbocycles. The fraction of sp³-hybridized carbons (Fsp3) is 0.269. The predicted molar refractivity (Wildman–Crippen MR) is 125 cm³/mol. The minimum absolute atomic E-state index is 0.0107. The number of carboxylic acid groups (broad SMARTS) is 1. The van der Waals surface area contributed by atoms with Crippen LogP contribution in [0, 0.1) is 13.8 Å². The number of benzene rings is 2. The lowest BCUT2D eigenvalue weighted by Crippen LogP contribution is -2.40. The van der Waals surface area contributed by atoms with E-state index in [1.54, 1.807) is 13.0 Å². The molecule has 1 amide bonds. The van der Waals surface area contributed by atoms with Crippen molar-refractivity contribution in [3.8, 4) is 11.1 Å². The second-order valence-corrected chi connectivity index (χ2v) is 8.10. The number of aliphatic carboxylic acids is 1. The van der Waals surface area contributed by atoms with Gasteiger partial charge in [-0.05, 0) is 43.9 Å². The Morgan fingerprint density at radius 3 is 2.39 bits per heavy atom. The topological polar surface area (TPSA) is 110 Å². The van der Waals surface area contributed by atoms with Crippen LogP contribution in [0.3, 0.4) is 0 Å². The molecule has 2 aromatic carbocycles. The van der Waals surface area contributed by atoms with Crippen LogP contribution in [-0.4, -0.2) is 23.0 Å². The van der Waals surface area contributed by atoms with Gasteiger partial charge in [-0.1, -0.05) is 37.3 Å². The Bertz CT molecular complexity index is 1410. The molecule has 0 unspecified atom stereocenters. The molecule has 7 heteroatoms. The number of nitrogens with one attached hydrogen (secondary N) is 1. The first-order chi connectivity index (χ1) is 15.8. The molecule has 0 spiro atoms. The molecule has 7 nitrogen and oxygen atoms in total. The summed E-state index contributed by atoms with van der Waals surface area (Å²) in [5, 5.41) is 13.3. The van der Waals surface area contributed by atoms with Crippen LogP contribution in [0.1, 0.15) is 36.7 Å². The van der Waals surface area contributed by atoms with E-state index >= 15 is 0 Å². The van der Waals surface area contributed by atoms with Crippen molar-refractivity contribution in [2.24, 2.45) is 0 Å². The molecule has 1 atom stereocenters. The summed E-state index contributed by atoms with van der Waals surface area (Å²) in [6.45, 7) is 5.42. The zero-order valence-electron chi connectivity index (χ0n) is 18.7. The minimum atomic E-state index is -1.08. The van der Waals surface area contributed by atoms with Gasteiger partial charge in [0.25, 0.3) is 0 Å². The van der Waals surface area contributed by atoms with E-state index in [4.69, 9.17) is 13.9 Å². The molecule has 170 valence electrons. The summed E-state index contributed by atoms with van der Waals surface area (Å²) in [7, 11) is 0. The van der Waals surface area contributed by atoms with Crippen molar-refractivity contribution in [1.29, 1.82) is 0 Å². The summed E-state index contributed by atoms with van der Waals surface area (Å²) >= 11 is 0. The van der Waals surface area contributed by atoms with Gasteiger partial charge in [0.1, 0.15) is 23.0 Å². The van der Waals surface area contributed by atoms with Gasteiger partial charge >= 0.3 is 11.6 Å². The molecule has 0 radical (unpaired) electrons. The third-order valence-corrected chi connectivity index (χ3v) is 5.98. The van der Waals surface area contributed by atoms with Crippen molar-refractivity contribution in [2.45, 2.75) is 46.1 Å². The van der Waals surface area contributed by atoms with E-state index in [9.17, 15) is 14.4 Å². The molecule has 0 saturated heterocycles. The van der Waals surface area contributed by atoms with Gasteiger partial charge < -0.3 is 19.3 Å². The van der Waals surface area contributed by atoms with Gasteiger partial charge in [0, 0.05) is 34.4 Å². The smallest absolute Gasteiger partial charge is 0.339 e. The summed E-state index contributed by atoms with van der Waals surface area (Å²) in [5.41, 5.74) is 3.70. The zero-order chi connectivity index (χ0) is 23.7. The van der Waals surface area contributed by atoms with E-state index in [-0.39, 0.29) is 19.3 Å². The van der Waals surface area contributed by atoms with E-state index in [0.29, 0.717) is 16.7 Å². The largest absolute Gasteiger partial charge is 0.480 e. The fourth-order valence-electron chi connectivity index (χ4n) is 4.20. The lowest BCUT2D eigenvalue weighted by molar-refractivity contribution is -0.141. The number of furan rings is 1. The van der Waals surface area contributed by atoms with Gasteiger partial charge in [-0.25, -0.2) is 9.59 Å². The Morgan fingerprint density at radius 1 is 1.03 bits per heavy atom. The maximum absolute atomic E-state index is 12.7. The number of hydrogen-bond acceptors (Lipinski definition) is 5. The summed E-state index contributed by atoms with van der Waals surface area (Å²) in [6.07, 6.45) is 0.422. The number of amides is 1. The number of carbonyl (C=O) groups is 2. The van der Waals surface area contributed by atoms with Gasteiger partial charge in [0.15, 0.2) is 0 Å². The normalized spacial score (nSPS) is 12.2. The van der Waals surface area contributed by atoms with Gasteiger partial charge in [-0.2, -0.15) is 0 Å². The van der Waals surface area contributed by atoms with Crippen LogP contribution in [0.2, 0.25) is 0 Å². The summed E-state index contributed by atoms with van der Waals surface area (Å²) in [5.74, 6) is -0.733. The maximum Gasteiger partial charge on any atom is 0.339 e. The van der Waals surface area contributed by atoms with Crippen LogP contribution < -0.4 is 10.9 Å². The molecule has 0 aliphatic rings. The quantitative estimate of drug-likeness (QED) is 0.396. The molecule has 4 rings (SSSR count). The molecular weight excluding hydrogens is 422 g/mol. The predicted octanol–water partition coefficient (Wildman–Crippen LogP) is 4.74. The molecule has 2 N–H and O–H groups in total. The monoisotopic (exact) mass is 447 g/mol. The molecule has 0 aliphatic heterocycles. The Labute approximate surface area is 190 Å². The van der Waals surface area contributed by atoms with Crippen molar-refractivity contribution in [2.75, 3.05) is 0 Å².